The molecule has 0 atom stereocenters. The molecule has 0 aliphatic carbocycles. The Labute approximate surface area is 198 Å². The van der Waals surface area contributed by atoms with E-state index in [1.54, 1.807) is 36.4 Å². The van der Waals surface area contributed by atoms with Crippen molar-refractivity contribution in [3.63, 3.8) is 0 Å². The number of nitro groups is 1. The summed E-state index contributed by atoms with van der Waals surface area (Å²) in [5, 5.41) is 10.7. The van der Waals surface area contributed by atoms with Crippen LogP contribution < -0.4 is 15.8 Å². The summed E-state index contributed by atoms with van der Waals surface area (Å²) in [6.07, 6.45) is 0. The normalized spacial score (nSPS) is 11.5. The van der Waals surface area contributed by atoms with E-state index < -0.39 is 4.92 Å². The Morgan fingerprint density at radius 3 is 1.78 bits per heavy atom. The van der Waals surface area contributed by atoms with Crippen molar-refractivity contribution in [2.24, 2.45) is 15.9 Å². The molecule has 1 heterocycles. The second-order valence-electron chi connectivity index (χ2n) is 6.11. The Balaban J connectivity index is 0.00000114. The summed E-state index contributed by atoms with van der Waals surface area (Å²) in [7, 11) is 9.53. The van der Waals surface area contributed by atoms with E-state index in [4.69, 9.17) is 31.0 Å². The molecule has 3 rings (SSSR count). The summed E-state index contributed by atoms with van der Waals surface area (Å²) in [6, 6.07) is 16.7. The van der Waals surface area contributed by atoms with Crippen LogP contribution in [0.15, 0.2) is 70.6 Å². The molecule has 0 amide bonds. The third-order valence-electron chi connectivity index (χ3n) is 4.02. The molecule has 169 valence electrons. The van der Waals surface area contributed by atoms with Crippen LogP contribution in [0, 0.1) is 10.1 Å². The molecule has 0 radical (unpaired) electrons. The standard InChI is InChI=1S/C20H18N5O4.2ClH.Fe/c1-13(22-15-3-7-17(8-4-15)25(26)27)19-11-12-20(24-19)14(2)23-16-5-9-18(10-6-16)28-29-21;;;/h3-12H,21H2,1-2H3;2*1H;/q-1;;;+3/p-2. The number of halogens is 2. The molecule has 0 spiro atoms. The van der Waals surface area contributed by atoms with E-state index in [2.05, 4.69) is 20.0 Å². The molecule has 12 heteroatoms. The summed E-state index contributed by atoms with van der Waals surface area (Å²) in [5.74, 6) is 5.32. The van der Waals surface area contributed by atoms with Crippen molar-refractivity contribution in [1.29, 1.82) is 0 Å². The van der Waals surface area contributed by atoms with Crippen LogP contribution in [-0.2, 0) is 18.1 Å². The molecule has 0 fully saturated rings. The number of nitrogens with two attached hydrogens (primary N) is 1. The molecule has 9 nitrogen and oxygen atoms in total. The van der Waals surface area contributed by atoms with E-state index in [-0.39, 0.29) is 18.8 Å². The molecule has 0 aliphatic heterocycles. The number of nitro benzene ring substituents is 1. The summed E-state index contributed by atoms with van der Waals surface area (Å²) >= 11 is 0.194. The monoisotopic (exact) mass is 518 g/mol. The predicted octanol–water partition coefficient (Wildman–Crippen LogP) is 5.39. The van der Waals surface area contributed by atoms with Gasteiger partial charge in [0.2, 0.25) is 0 Å². The van der Waals surface area contributed by atoms with Crippen LogP contribution in [0.25, 0.3) is 0 Å². The van der Waals surface area contributed by atoms with Crippen LogP contribution >= 0.6 is 20.2 Å². The molecule has 0 bridgehead atoms. The maximum atomic E-state index is 10.7. The average molecular weight is 519 g/mol. The van der Waals surface area contributed by atoms with Crippen LogP contribution in [0.4, 0.5) is 17.1 Å². The molecule has 2 N–H and O–H groups in total. The van der Waals surface area contributed by atoms with Crippen LogP contribution in [0.2, 0.25) is 0 Å². The fourth-order valence-corrected chi connectivity index (χ4v) is 2.55. The first-order valence-electron chi connectivity index (χ1n) is 8.86. The zero-order valence-corrected chi connectivity index (χ0v) is 19.5. The number of hydrogen-bond acceptors (Lipinski definition) is 7. The van der Waals surface area contributed by atoms with Gasteiger partial charge in [-0.05, 0) is 50.2 Å². The zero-order valence-electron chi connectivity index (χ0n) is 16.9. The zero-order chi connectivity index (χ0) is 23.5. The molecule has 2 aromatic carbocycles. The van der Waals surface area contributed by atoms with Crippen molar-refractivity contribution < 1.29 is 27.9 Å². The number of benzene rings is 2. The van der Waals surface area contributed by atoms with Crippen LogP contribution in [0.1, 0.15) is 25.2 Å². The van der Waals surface area contributed by atoms with Gasteiger partial charge in [0, 0.05) is 23.6 Å². The van der Waals surface area contributed by atoms with Crippen molar-refractivity contribution >= 4 is 48.7 Å². The Morgan fingerprint density at radius 1 is 0.938 bits per heavy atom. The molecule has 0 unspecified atom stereocenters. The third kappa shape index (κ3) is 7.76. The van der Waals surface area contributed by atoms with Crippen molar-refractivity contribution in [3.05, 3.63) is 82.2 Å². The van der Waals surface area contributed by atoms with Crippen molar-refractivity contribution in [2.75, 3.05) is 0 Å². The average Bonchev–Trinajstić information content (AvgIpc) is 3.27. The minimum absolute atomic E-state index is 0.0253. The van der Waals surface area contributed by atoms with Gasteiger partial charge >= 0.3 is 33.3 Å². The molecular weight excluding hydrogens is 501 g/mol. The van der Waals surface area contributed by atoms with Crippen molar-refractivity contribution in [3.8, 4) is 5.75 Å². The Hall–Kier alpha value is -2.72. The van der Waals surface area contributed by atoms with Gasteiger partial charge in [-0.25, -0.2) is 0 Å². The van der Waals surface area contributed by atoms with Crippen LogP contribution in [0.3, 0.4) is 0 Å². The van der Waals surface area contributed by atoms with Crippen molar-refractivity contribution in [2.45, 2.75) is 13.8 Å². The Morgan fingerprint density at radius 2 is 1.38 bits per heavy atom. The molecule has 0 saturated heterocycles. The number of non-ortho nitro benzene ring substituents is 1. The number of nitrogens with zero attached hydrogens (tertiary/aromatic N) is 4. The molecule has 32 heavy (non-hydrogen) atoms. The number of hydrogen-bond donors (Lipinski definition) is 1. The summed E-state index contributed by atoms with van der Waals surface area (Å²) in [6.45, 7) is 3.70. The van der Waals surface area contributed by atoms with Gasteiger partial charge in [0.05, 0.1) is 16.3 Å². The Kier molecular flexibility index (Phi) is 10.4. The maximum absolute atomic E-state index is 10.7. The number of aliphatic imine (C=N–C) groups is 2. The fraction of sp³-hybridized carbons (Fsp3) is 0.100. The topological polar surface area (TPSA) is 126 Å². The second kappa shape index (κ2) is 13.0. The van der Waals surface area contributed by atoms with Gasteiger partial charge in [-0.2, -0.15) is 5.90 Å². The molecule has 0 aliphatic rings. The van der Waals surface area contributed by atoms with E-state index in [1.165, 1.54) is 12.1 Å². The first-order valence-corrected chi connectivity index (χ1v) is 11.9. The molecule has 1 aromatic heterocycles. The van der Waals surface area contributed by atoms with Crippen LogP contribution in [0.5, 0.6) is 5.75 Å². The van der Waals surface area contributed by atoms with E-state index in [0.29, 0.717) is 22.8 Å². The summed E-state index contributed by atoms with van der Waals surface area (Å²) in [5.41, 5.74) is 4.24. The molecule has 3 aromatic rings. The van der Waals surface area contributed by atoms with E-state index in [9.17, 15) is 10.1 Å². The molecule has 0 saturated carbocycles. The van der Waals surface area contributed by atoms with Crippen LogP contribution in [-0.4, -0.2) is 16.3 Å². The van der Waals surface area contributed by atoms with Gasteiger partial charge < -0.3 is 9.87 Å². The van der Waals surface area contributed by atoms with E-state index in [0.717, 1.165) is 17.1 Å². The van der Waals surface area contributed by atoms with Gasteiger partial charge in [-0.1, -0.05) is 17.1 Å². The summed E-state index contributed by atoms with van der Waals surface area (Å²) in [4.78, 5) is 32.7. The summed E-state index contributed by atoms with van der Waals surface area (Å²) < 4.78 is 0. The third-order valence-corrected chi connectivity index (χ3v) is 4.02. The quantitative estimate of drug-likeness (QED) is 0.147. The number of rotatable bonds is 7. The van der Waals surface area contributed by atoms with E-state index in [1.807, 2.05) is 26.0 Å². The van der Waals surface area contributed by atoms with Gasteiger partial charge in [0.1, 0.15) is 0 Å². The predicted molar refractivity (Wildman–Crippen MR) is 121 cm³/mol. The van der Waals surface area contributed by atoms with Gasteiger partial charge in [0.15, 0.2) is 5.75 Å². The minimum atomic E-state index is -0.444. The van der Waals surface area contributed by atoms with Gasteiger partial charge in [-0.15, -0.1) is 11.4 Å². The fourth-order valence-electron chi connectivity index (χ4n) is 2.55. The van der Waals surface area contributed by atoms with Gasteiger partial charge in [0.25, 0.3) is 5.69 Å². The van der Waals surface area contributed by atoms with Crippen molar-refractivity contribution in [1.82, 2.24) is 4.98 Å². The Bertz CT molecular complexity index is 1090. The number of aromatic nitrogens is 1. The first-order chi connectivity index (χ1) is 15.4. The van der Waals surface area contributed by atoms with E-state index >= 15 is 0 Å². The SMILES string of the molecule is CC(=Nc1ccc(OON)cc1)c1ccc(C(C)=Nc2ccc([N+](=O)[O-])cc2)[n-]1.[Cl][Fe+][Cl]. The van der Waals surface area contributed by atoms with Gasteiger partial charge in [-0.3, -0.25) is 20.1 Å². The first kappa shape index (κ1) is 25.5. The second-order valence-corrected chi connectivity index (χ2v) is 7.93. The molecular formula is C20H18Cl2FeN5O4.